The number of carbonyl (C=O) groups is 2. The van der Waals surface area contributed by atoms with E-state index in [9.17, 15) is 19.7 Å². The molecule has 0 spiro atoms. The number of phenolic OH excluding ortho intramolecular Hbond substituents is 1. The first-order chi connectivity index (χ1) is 17.9. The van der Waals surface area contributed by atoms with E-state index in [1.807, 2.05) is 55.5 Å². The Balaban J connectivity index is 1.28. The second-order valence-corrected chi connectivity index (χ2v) is 10.0. The summed E-state index contributed by atoms with van der Waals surface area (Å²) in [5.41, 5.74) is 4.68. The summed E-state index contributed by atoms with van der Waals surface area (Å²) in [6, 6.07) is 23.8. The van der Waals surface area contributed by atoms with Crippen LogP contribution in [0, 0.1) is 17.8 Å². The topological polar surface area (TPSA) is 99.1 Å². The first-order valence-corrected chi connectivity index (χ1v) is 12.5. The minimum Gasteiger partial charge on any atom is -0.508 e. The highest BCUT2D eigenvalue weighted by molar-refractivity contribution is 6.53. The molecule has 4 atom stereocenters. The molecule has 8 heteroatoms. The lowest BCUT2D eigenvalue weighted by atomic mass is 9.55. The quantitative estimate of drug-likeness (QED) is 0.358. The normalized spacial score (nSPS) is 25.2. The second-order valence-electron chi connectivity index (χ2n) is 10.0. The fraction of sp³-hybridized carbons (Fsp3) is 0.241. The molecule has 2 saturated heterocycles. The Labute approximate surface area is 215 Å². The third kappa shape index (κ3) is 4.12. The van der Waals surface area contributed by atoms with Gasteiger partial charge in [-0.2, -0.15) is 0 Å². The standard InChI is InChI=1S/C29H27BN2O5/c1-17-14-24-26(23-16-25(37-30(36)27(17)23)18-6-5-9-22(33)15-18)29(35)32(28(24)34)21-12-10-20(11-13-21)31-19-7-3-2-4-8-19/h2-13,15,23-26,31,33,36H,14,16H2,1H3/t23-,24-,25-,26+/m0/s1. The summed E-state index contributed by atoms with van der Waals surface area (Å²) in [6.07, 6.45) is 0.367. The van der Waals surface area contributed by atoms with E-state index in [0.29, 0.717) is 24.0 Å². The van der Waals surface area contributed by atoms with E-state index in [2.05, 4.69) is 5.32 Å². The molecule has 2 aliphatic heterocycles. The van der Waals surface area contributed by atoms with Gasteiger partial charge in [-0.3, -0.25) is 14.5 Å². The molecule has 3 N–H and O–H groups in total. The Bertz CT molecular complexity index is 1390. The number of allylic oxidation sites excluding steroid dienone is 2. The Morgan fingerprint density at radius 1 is 0.919 bits per heavy atom. The van der Waals surface area contributed by atoms with Gasteiger partial charge in [-0.25, -0.2) is 0 Å². The van der Waals surface area contributed by atoms with Gasteiger partial charge in [-0.05, 0) is 85.3 Å². The summed E-state index contributed by atoms with van der Waals surface area (Å²) in [6.45, 7) is 1.91. The van der Waals surface area contributed by atoms with Crippen molar-refractivity contribution in [1.29, 1.82) is 0 Å². The van der Waals surface area contributed by atoms with E-state index in [4.69, 9.17) is 4.65 Å². The van der Waals surface area contributed by atoms with Crippen LogP contribution >= 0.6 is 0 Å². The monoisotopic (exact) mass is 494 g/mol. The molecular formula is C29H27BN2O5. The molecule has 6 rings (SSSR count). The van der Waals surface area contributed by atoms with Crippen LogP contribution in [-0.4, -0.2) is 29.1 Å². The molecule has 37 heavy (non-hydrogen) atoms. The average Bonchev–Trinajstić information content (AvgIpc) is 3.14. The molecule has 3 aromatic carbocycles. The fourth-order valence-electron chi connectivity index (χ4n) is 6.13. The van der Waals surface area contributed by atoms with E-state index in [1.165, 1.54) is 4.90 Å². The van der Waals surface area contributed by atoms with Gasteiger partial charge in [0.05, 0.1) is 23.6 Å². The van der Waals surface area contributed by atoms with E-state index in [1.54, 1.807) is 30.3 Å². The first kappa shape index (κ1) is 23.5. The molecule has 0 unspecified atom stereocenters. The van der Waals surface area contributed by atoms with E-state index in [-0.39, 0.29) is 23.5 Å². The number of hydrogen-bond donors (Lipinski definition) is 3. The van der Waals surface area contributed by atoms with Crippen LogP contribution in [-0.2, 0) is 14.2 Å². The maximum atomic E-state index is 13.8. The lowest BCUT2D eigenvalue weighted by Gasteiger charge is -2.41. The summed E-state index contributed by atoms with van der Waals surface area (Å²) in [5, 5.41) is 24.2. The molecule has 3 aromatic rings. The molecular weight excluding hydrogens is 467 g/mol. The minimum absolute atomic E-state index is 0.109. The number of nitrogens with one attached hydrogen (secondary N) is 1. The molecule has 0 aromatic heterocycles. The van der Waals surface area contributed by atoms with Gasteiger partial charge in [0, 0.05) is 11.4 Å². The lowest BCUT2D eigenvalue weighted by molar-refractivity contribution is -0.123. The van der Waals surface area contributed by atoms with Gasteiger partial charge >= 0.3 is 7.12 Å². The number of hydrogen-bond acceptors (Lipinski definition) is 6. The number of anilines is 3. The molecule has 0 bridgehead atoms. The molecule has 0 saturated carbocycles. The number of amides is 2. The van der Waals surface area contributed by atoms with Crippen molar-refractivity contribution in [3.63, 3.8) is 0 Å². The van der Waals surface area contributed by atoms with Crippen LogP contribution in [0.1, 0.15) is 31.4 Å². The molecule has 2 fully saturated rings. The Morgan fingerprint density at radius 3 is 2.38 bits per heavy atom. The zero-order valence-corrected chi connectivity index (χ0v) is 20.4. The summed E-state index contributed by atoms with van der Waals surface area (Å²) >= 11 is 0. The van der Waals surface area contributed by atoms with Crippen LogP contribution < -0.4 is 10.2 Å². The zero-order valence-electron chi connectivity index (χ0n) is 20.4. The molecule has 2 amide bonds. The third-order valence-corrected chi connectivity index (χ3v) is 7.79. The molecule has 186 valence electrons. The Kier molecular flexibility index (Phi) is 5.86. The van der Waals surface area contributed by atoms with Crippen molar-refractivity contribution in [3.05, 3.63) is 95.5 Å². The molecule has 2 heterocycles. The van der Waals surface area contributed by atoms with Crippen molar-refractivity contribution in [2.45, 2.75) is 25.9 Å². The predicted octanol–water partition coefficient (Wildman–Crippen LogP) is 4.76. The maximum absolute atomic E-state index is 13.8. The number of para-hydroxylation sites is 1. The average molecular weight is 494 g/mol. The summed E-state index contributed by atoms with van der Waals surface area (Å²) in [7, 11) is -1.16. The van der Waals surface area contributed by atoms with Gasteiger partial charge in [0.15, 0.2) is 0 Å². The SMILES string of the molecule is CC1=C2B(O)O[C@H](c3cccc(O)c3)C[C@H]2[C@H]2C(=O)N(c3ccc(Nc4ccccc4)cc3)C(=O)[C@H]2C1. The van der Waals surface area contributed by atoms with Crippen molar-refractivity contribution in [1.82, 2.24) is 0 Å². The highest BCUT2D eigenvalue weighted by Gasteiger charge is 2.57. The largest absolute Gasteiger partial charge is 0.508 e. The third-order valence-electron chi connectivity index (χ3n) is 7.79. The van der Waals surface area contributed by atoms with Gasteiger partial charge < -0.3 is 20.1 Å². The van der Waals surface area contributed by atoms with E-state index >= 15 is 0 Å². The number of phenols is 1. The van der Waals surface area contributed by atoms with E-state index in [0.717, 1.165) is 22.5 Å². The number of rotatable bonds is 4. The Hall–Kier alpha value is -3.88. The van der Waals surface area contributed by atoms with Crippen LogP contribution in [0.2, 0.25) is 0 Å². The molecule has 0 radical (unpaired) electrons. The molecule has 1 aliphatic carbocycles. The molecule has 3 aliphatic rings. The van der Waals surface area contributed by atoms with Gasteiger partial charge in [-0.15, -0.1) is 0 Å². The smallest absolute Gasteiger partial charge is 0.487 e. The van der Waals surface area contributed by atoms with Crippen LogP contribution in [0.3, 0.4) is 0 Å². The van der Waals surface area contributed by atoms with Crippen molar-refractivity contribution >= 4 is 36.0 Å². The summed E-state index contributed by atoms with van der Waals surface area (Å²) in [5.74, 6) is -1.69. The van der Waals surface area contributed by atoms with E-state index < -0.39 is 25.1 Å². The van der Waals surface area contributed by atoms with Crippen LogP contribution in [0.25, 0.3) is 0 Å². The highest BCUT2D eigenvalue weighted by Crippen LogP contribution is 2.52. The number of aromatic hydroxyl groups is 1. The first-order valence-electron chi connectivity index (χ1n) is 12.5. The maximum Gasteiger partial charge on any atom is 0.487 e. The summed E-state index contributed by atoms with van der Waals surface area (Å²) in [4.78, 5) is 28.7. The van der Waals surface area contributed by atoms with Crippen LogP contribution in [0.5, 0.6) is 5.75 Å². The number of fused-ring (bicyclic) bond motifs is 3. The van der Waals surface area contributed by atoms with Gasteiger partial charge in [0.1, 0.15) is 5.75 Å². The highest BCUT2D eigenvalue weighted by atomic mass is 16.5. The minimum atomic E-state index is -1.16. The number of imide groups is 1. The van der Waals surface area contributed by atoms with Crippen molar-refractivity contribution < 1.29 is 24.4 Å². The molecule has 7 nitrogen and oxygen atoms in total. The van der Waals surface area contributed by atoms with Gasteiger partial charge in [0.25, 0.3) is 0 Å². The van der Waals surface area contributed by atoms with Crippen LogP contribution in [0.4, 0.5) is 17.1 Å². The van der Waals surface area contributed by atoms with Gasteiger partial charge in [-0.1, -0.05) is 35.9 Å². The second kappa shape index (κ2) is 9.21. The van der Waals surface area contributed by atoms with Gasteiger partial charge in [0.2, 0.25) is 11.8 Å². The Morgan fingerprint density at radius 2 is 1.65 bits per heavy atom. The number of nitrogens with zero attached hydrogens (tertiary/aromatic N) is 1. The van der Waals surface area contributed by atoms with Crippen molar-refractivity contribution in [3.8, 4) is 5.75 Å². The predicted molar refractivity (Wildman–Crippen MR) is 141 cm³/mol. The summed E-state index contributed by atoms with van der Waals surface area (Å²) < 4.78 is 5.92. The zero-order chi connectivity index (χ0) is 25.7. The lowest BCUT2D eigenvalue weighted by Crippen LogP contribution is -2.44. The van der Waals surface area contributed by atoms with Crippen molar-refractivity contribution in [2.24, 2.45) is 17.8 Å². The number of carbonyl (C=O) groups excluding carboxylic acids is 2. The number of benzene rings is 3. The van der Waals surface area contributed by atoms with Crippen molar-refractivity contribution in [2.75, 3.05) is 10.2 Å². The van der Waals surface area contributed by atoms with Crippen LogP contribution in [0.15, 0.2) is 89.9 Å². The fourth-order valence-corrected chi connectivity index (χ4v) is 6.13.